The summed E-state index contributed by atoms with van der Waals surface area (Å²) >= 11 is 0. The highest BCUT2D eigenvalue weighted by molar-refractivity contribution is 5.94. The fraction of sp³-hybridized carbons (Fsp3) is 0.381. The van der Waals surface area contributed by atoms with Crippen LogP contribution in [0.5, 0.6) is 0 Å². The standard InChI is InChI=1S/C21H25FN2O/c1-21(2,3)17-6-4-16(5-7-17)20(25)24-14-12-23(13-15-24)19-10-8-18(22)9-11-19/h4-11H,12-15H2,1-3H3. The third-order valence-corrected chi connectivity index (χ3v) is 4.76. The van der Waals surface area contributed by atoms with E-state index in [1.54, 1.807) is 12.1 Å². The molecule has 0 atom stereocenters. The van der Waals surface area contributed by atoms with Crippen molar-refractivity contribution in [3.8, 4) is 0 Å². The van der Waals surface area contributed by atoms with Crippen LogP contribution in [0.4, 0.5) is 10.1 Å². The van der Waals surface area contributed by atoms with E-state index < -0.39 is 0 Å². The number of carbonyl (C=O) groups is 1. The zero-order chi connectivity index (χ0) is 18.0. The van der Waals surface area contributed by atoms with Crippen LogP contribution in [0.1, 0.15) is 36.7 Å². The number of halogens is 1. The van der Waals surface area contributed by atoms with E-state index >= 15 is 0 Å². The van der Waals surface area contributed by atoms with Gasteiger partial charge in [0.1, 0.15) is 5.82 Å². The maximum atomic E-state index is 13.0. The molecule has 0 spiro atoms. The van der Waals surface area contributed by atoms with Gasteiger partial charge in [-0.3, -0.25) is 4.79 Å². The highest BCUT2D eigenvalue weighted by Gasteiger charge is 2.23. The molecule has 0 aromatic heterocycles. The molecule has 4 heteroatoms. The normalized spacial score (nSPS) is 15.4. The highest BCUT2D eigenvalue weighted by atomic mass is 19.1. The van der Waals surface area contributed by atoms with E-state index in [1.807, 2.05) is 29.2 Å². The summed E-state index contributed by atoms with van der Waals surface area (Å²) in [4.78, 5) is 16.8. The maximum absolute atomic E-state index is 13.0. The molecule has 2 aromatic rings. The number of anilines is 1. The minimum Gasteiger partial charge on any atom is -0.368 e. The predicted octanol–water partition coefficient (Wildman–Crippen LogP) is 4.09. The molecule has 0 radical (unpaired) electrons. The van der Waals surface area contributed by atoms with Crippen LogP contribution in [-0.4, -0.2) is 37.0 Å². The van der Waals surface area contributed by atoms with Crippen molar-refractivity contribution in [2.75, 3.05) is 31.1 Å². The van der Waals surface area contributed by atoms with Gasteiger partial charge in [0.15, 0.2) is 0 Å². The van der Waals surface area contributed by atoms with Gasteiger partial charge in [-0.15, -0.1) is 0 Å². The summed E-state index contributed by atoms with van der Waals surface area (Å²) in [6.45, 7) is 9.37. The minimum atomic E-state index is -0.226. The molecular weight excluding hydrogens is 315 g/mol. The third-order valence-electron chi connectivity index (χ3n) is 4.76. The van der Waals surface area contributed by atoms with Crippen LogP contribution in [0.3, 0.4) is 0 Å². The van der Waals surface area contributed by atoms with E-state index in [2.05, 4.69) is 25.7 Å². The van der Waals surface area contributed by atoms with E-state index in [-0.39, 0.29) is 17.1 Å². The van der Waals surface area contributed by atoms with Gasteiger partial charge < -0.3 is 9.80 Å². The summed E-state index contributed by atoms with van der Waals surface area (Å²) in [5, 5.41) is 0. The monoisotopic (exact) mass is 340 g/mol. The Morgan fingerprint density at radius 1 is 0.880 bits per heavy atom. The van der Waals surface area contributed by atoms with Crippen LogP contribution in [0.25, 0.3) is 0 Å². The Bertz CT molecular complexity index is 724. The lowest BCUT2D eigenvalue weighted by Crippen LogP contribution is -2.48. The SMILES string of the molecule is CC(C)(C)c1ccc(C(=O)N2CCN(c3ccc(F)cc3)CC2)cc1. The molecule has 25 heavy (non-hydrogen) atoms. The Kier molecular flexibility index (Phi) is 4.80. The lowest BCUT2D eigenvalue weighted by molar-refractivity contribution is 0.0746. The van der Waals surface area contributed by atoms with E-state index in [4.69, 9.17) is 0 Å². The van der Waals surface area contributed by atoms with Gasteiger partial charge in [0.2, 0.25) is 0 Å². The van der Waals surface area contributed by atoms with Crippen molar-refractivity contribution in [2.24, 2.45) is 0 Å². The summed E-state index contributed by atoms with van der Waals surface area (Å²) in [7, 11) is 0. The van der Waals surface area contributed by atoms with Gasteiger partial charge in [-0.25, -0.2) is 4.39 Å². The summed E-state index contributed by atoms with van der Waals surface area (Å²) in [5.41, 5.74) is 3.05. The van der Waals surface area contributed by atoms with Crippen LogP contribution >= 0.6 is 0 Å². The number of benzene rings is 2. The second kappa shape index (κ2) is 6.87. The minimum absolute atomic E-state index is 0.0826. The van der Waals surface area contributed by atoms with Crippen LogP contribution < -0.4 is 4.90 Å². The summed E-state index contributed by atoms with van der Waals surface area (Å²) in [5.74, 6) is -0.143. The molecule has 1 saturated heterocycles. The first-order chi connectivity index (χ1) is 11.8. The molecule has 0 bridgehead atoms. The van der Waals surface area contributed by atoms with Crippen molar-refractivity contribution in [1.82, 2.24) is 4.90 Å². The topological polar surface area (TPSA) is 23.6 Å². The lowest BCUT2D eigenvalue weighted by atomic mass is 9.86. The molecule has 1 aliphatic heterocycles. The molecule has 1 aliphatic rings. The van der Waals surface area contributed by atoms with Crippen molar-refractivity contribution in [3.05, 3.63) is 65.5 Å². The number of amides is 1. The number of nitrogens with zero attached hydrogens (tertiary/aromatic N) is 2. The molecule has 0 unspecified atom stereocenters. The molecule has 1 heterocycles. The van der Waals surface area contributed by atoms with Crippen LogP contribution in [0.15, 0.2) is 48.5 Å². The first kappa shape index (κ1) is 17.5. The van der Waals surface area contributed by atoms with Gasteiger partial charge in [0.05, 0.1) is 0 Å². The molecular formula is C21H25FN2O. The summed E-state index contributed by atoms with van der Waals surface area (Å²) < 4.78 is 13.0. The second-order valence-electron chi connectivity index (χ2n) is 7.58. The molecule has 132 valence electrons. The van der Waals surface area contributed by atoms with Crippen molar-refractivity contribution in [1.29, 1.82) is 0 Å². The molecule has 0 aliphatic carbocycles. The quantitative estimate of drug-likeness (QED) is 0.822. The van der Waals surface area contributed by atoms with Crippen LogP contribution in [0.2, 0.25) is 0 Å². The predicted molar refractivity (Wildman–Crippen MR) is 99.7 cm³/mol. The first-order valence-electron chi connectivity index (χ1n) is 8.75. The summed E-state index contributed by atoms with van der Waals surface area (Å²) in [6, 6.07) is 14.5. The van der Waals surface area contributed by atoms with Gasteiger partial charge in [0, 0.05) is 37.4 Å². The fourth-order valence-electron chi connectivity index (χ4n) is 3.12. The Balaban J connectivity index is 1.62. The number of hydrogen-bond acceptors (Lipinski definition) is 2. The van der Waals surface area contributed by atoms with E-state index in [1.165, 1.54) is 17.7 Å². The van der Waals surface area contributed by atoms with Gasteiger partial charge in [-0.2, -0.15) is 0 Å². The molecule has 1 amide bonds. The zero-order valence-corrected chi connectivity index (χ0v) is 15.1. The molecule has 3 nitrogen and oxygen atoms in total. The fourth-order valence-corrected chi connectivity index (χ4v) is 3.12. The maximum Gasteiger partial charge on any atom is 0.253 e. The molecule has 1 fully saturated rings. The molecule has 0 N–H and O–H groups in total. The van der Waals surface area contributed by atoms with Gasteiger partial charge in [0.25, 0.3) is 5.91 Å². The largest absolute Gasteiger partial charge is 0.368 e. The van der Waals surface area contributed by atoms with Crippen molar-refractivity contribution in [3.63, 3.8) is 0 Å². The molecule has 0 saturated carbocycles. The molecule has 2 aromatic carbocycles. The van der Waals surface area contributed by atoms with E-state index in [0.717, 1.165) is 24.3 Å². The molecule has 3 rings (SSSR count). The summed E-state index contributed by atoms with van der Waals surface area (Å²) in [6.07, 6.45) is 0. The third kappa shape index (κ3) is 4.01. The van der Waals surface area contributed by atoms with E-state index in [9.17, 15) is 9.18 Å². The zero-order valence-electron chi connectivity index (χ0n) is 15.1. The van der Waals surface area contributed by atoms with Gasteiger partial charge >= 0.3 is 0 Å². The Hall–Kier alpha value is -2.36. The van der Waals surface area contributed by atoms with Crippen molar-refractivity contribution < 1.29 is 9.18 Å². The highest BCUT2D eigenvalue weighted by Crippen LogP contribution is 2.23. The number of piperazine rings is 1. The number of rotatable bonds is 2. The first-order valence-corrected chi connectivity index (χ1v) is 8.75. The van der Waals surface area contributed by atoms with Crippen LogP contribution in [-0.2, 0) is 5.41 Å². The van der Waals surface area contributed by atoms with E-state index in [0.29, 0.717) is 13.1 Å². The average molecular weight is 340 g/mol. The average Bonchev–Trinajstić information content (AvgIpc) is 2.61. The Labute approximate surface area is 149 Å². The van der Waals surface area contributed by atoms with Crippen LogP contribution in [0, 0.1) is 5.82 Å². The van der Waals surface area contributed by atoms with Crippen molar-refractivity contribution in [2.45, 2.75) is 26.2 Å². The Morgan fingerprint density at radius 2 is 1.44 bits per heavy atom. The van der Waals surface area contributed by atoms with Gasteiger partial charge in [-0.05, 0) is 47.4 Å². The number of carbonyl (C=O) groups excluding carboxylic acids is 1. The number of hydrogen-bond donors (Lipinski definition) is 0. The Morgan fingerprint density at radius 3 is 1.96 bits per heavy atom. The van der Waals surface area contributed by atoms with Crippen molar-refractivity contribution >= 4 is 11.6 Å². The smallest absolute Gasteiger partial charge is 0.253 e. The second-order valence-corrected chi connectivity index (χ2v) is 7.58. The lowest BCUT2D eigenvalue weighted by Gasteiger charge is -2.36. The van der Waals surface area contributed by atoms with Gasteiger partial charge in [-0.1, -0.05) is 32.9 Å².